The van der Waals surface area contributed by atoms with Crippen molar-refractivity contribution in [3.63, 3.8) is 0 Å². The number of halogens is 1. The molecule has 126 valence electrons. The number of rotatable bonds is 2. The normalized spacial score (nSPS) is 10.9. The molecule has 5 rings (SSSR count). The highest BCUT2D eigenvalue weighted by Gasteiger charge is 2.14. The number of para-hydroxylation sites is 1. The van der Waals surface area contributed by atoms with Gasteiger partial charge in [0.1, 0.15) is 0 Å². The molecule has 1 heterocycles. The second kappa shape index (κ2) is 6.78. The highest BCUT2D eigenvalue weighted by molar-refractivity contribution is 6.03. The molecule has 1 aromatic heterocycles. The molecule has 0 bridgehead atoms. The lowest BCUT2D eigenvalue weighted by Gasteiger charge is -2.08. The number of pyridine rings is 1. The van der Waals surface area contributed by atoms with E-state index in [0.717, 1.165) is 6.54 Å². The van der Waals surface area contributed by atoms with E-state index in [-0.39, 0.29) is 12.4 Å². The molecule has 2 heteroatoms. The molecule has 0 saturated heterocycles. The van der Waals surface area contributed by atoms with Gasteiger partial charge in [0.2, 0.25) is 5.52 Å². The molecule has 5 aromatic rings. The van der Waals surface area contributed by atoms with Crippen LogP contribution in [0.25, 0.3) is 32.4 Å². The molecule has 0 atom stereocenters. The number of aromatic nitrogens is 1. The van der Waals surface area contributed by atoms with Gasteiger partial charge in [0, 0.05) is 22.4 Å². The maximum atomic E-state index is 2.37. The summed E-state index contributed by atoms with van der Waals surface area (Å²) in [7, 11) is 0. The van der Waals surface area contributed by atoms with Crippen molar-refractivity contribution in [2.75, 3.05) is 0 Å². The number of hydrogen-bond donors (Lipinski definition) is 0. The quantitative estimate of drug-likeness (QED) is 0.338. The maximum absolute atomic E-state index is 2.37. The van der Waals surface area contributed by atoms with Gasteiger partial charge < -0.3 is 12.4 Å². The first-order valence-electron chi connectivity index (χ1n) is 8.67. The zero-order valence-corrected chi connectivity index (χ0v) is 15.0. The van der Waals surface area contributed by atoms with Crippen molar-refractivity contribution in [2.45, 2.75) is 6.54 Å². The van der Waals surface area contributed by atoms with Gasteiger partial charge in [-0.25, -0.2) is 0 Å². The minimum absolute atomic E-state index is 0. The third-order valence-electron chi connectivity index (χ3n) is 4.98. The Morgan fingerprint density at radius 2 is 1.15 bits per heavy atom. The van der Waals surface area contributed by atoms with E-state index < -0.39 is 0 Å². The Morgan fingerprint density at radius 3 is 2.00 bits per heavy atom. The maximum Gasteiger partial charge on any atom is 0.213 e. The minimum Gasteiger partial charge on any atom is -1.00 e. The van der Waals surface area contributed by atoms with Crippen LogP contribution in [-0.2, 0) is 6.54 Å². The van der Waals surface area contributed by atoms with E-state index in [4.69, 9.17) is 0 Å². The number of hydrogen-bond acceptors (Lipinski definition) is 0. The second-order valence-electron chi connectivity index (χ2n) is 6.50. The van der Waals surface area contributed by atoms with Gasteiger partial charge in [-0.15, -0.1) is 0 Å². The van der Waals surface area contributed by atoms with Crippen LogP contribution in [0.2, 0.25) is 0 Å². The summed E-state index contributed by atoms with van der Waals surface area (Å²) < 4.78 is 2.37. The Labute approximate surface area is 158 Å². The fourth-order valence-electron chi connectivity index (χ4n) is 3.79. The van der Waals surface area contributed by atoms with E-state index in [2.05, 4.69) is 102 Å². The van der Waals surface area contributed by atoms with E-state index in [9.17, 15) is 0 Å². The largest absolute Gasteiger partial charge is 1.00 e. The van der Waals surface area contributed by atoms with E-state index in [0.29, 0.717) is 0 Å². The number of fused-ring (bicyclic) bond motifs is 4. The van der Waals surface area contributed by atoms with Crippen LogP contribution in [0.3, 0.4) is 0 Å². The lowest BCUT2D eigenvalue weighted by Crippen LogP contribution is -3.00. The molecule has 0 fully saturated rings. The van der Waals surface area contributed by atoms with Crippen molar-refractivity contribution in [1.29, 1.82) is 0 Å². The highest BCUT2D eigenvalue weighted by Crippen LogP contribution is 2.23. The topological polar surface area (TPSA) is 3.88 Å². The third kappa shape index (κ3) is 2.71. The van der Waals surface area contributed by atoms with E-state index >= 15 is 0 Å². The van der Waals surface area contributed by atoms with Gasteiger partial charge in [0.25, 0.3) is 0 Å². The highest BCUT2D eigenvalue weighted by atomic mass is 35.5. The molecule has 1 nitrogen and oxygen atoms in total. The first-order chi connectivity index (χ1) is 12.4. The standard InChI is InChI=1S/C24H18N.ClH/c1-3-12-21-18(8-1)10-7-11-19(21)16-25-17-20-9-2-4-13-22(20)23-14-5-6-15-24(23)25;/h1-15,17H,16H2;1H/q+1;/p-1. The summed E-state index contributed by atoms with van der Waals surface area (Å²) in [5.74, 6) is 0. The van der Waals surface area contributed by atoms with Gasteiger partial charge in [-0.2, -0.15) is 4.57 Å². The fourth-order valence-corrected chi connectivity index (χ4v) is 3.79. The van der Waals surface area contributed by atoms with Crippen LogP contribution in [0.4, 0.5) is 0 Å². The van der Waals surface area contributed by atoms with E-state index in [1.165, 1.54) is 38.0 Å². The fraction of sp³-hybridized carbons (Fsp3) is 0.0417. The molecule has 0 aliphatic carbocycles. The SMILES string of the molecule is [Cl-].c1ccc2c(C[n+]3cc4ccccc4c4ccccc43)cccc2c1. The summed E-state index contributed by atoms with van der Waals surface area (Å²) in [6.07, 6.45) is 2.28. The predicted octanol–water partition coefficient (Wildman–Crippen LogP) is 2.49. The van der Waals surface area contributed by atoms with Crippen LogP contribution in [0, 0.1) is 0 Å². The predicted molar refractivity (Wildman–Crippen MR) is 105 cm³/mol. The Bertz CT molecular complexity index is 1220. The zero-order valence-electron chi connectivity index (χ0n) is 14.3. The summed E-state index contributed by atoms with van der Waals surface area (Å²) in [6.45, 7) is 0.868. The third-order valence-corrected chi connectivity index (χ3v) is 4.98. The average molecular weight is 356 g/mol. The molecule has 4 aromatic carbocycles. The van der Waals surface area contributed by atoms with Gasteiger partial charge in [0.15, 0.2) is 12.7 Å². The summed E-state index contributed by atoms with van der Waals surface area (Å²) in [5, 5.41) is 6.52. The van der Waals surface area contributed by atoms with Crippen LogP contribution in [0.5, 0.6) is 0 Å². The molecule has 0 saturated carbocycles. The zero-order chi connectivity index (χ0) is 16.6. The molecular weight excluding hydrogens is 338 g/mol. The van der Waals surface area contributed by atoms with Crippen molar-refractivity contribution in [1.82, 2.24) is 0 Å². The first-order valence-corrected chi connectivity index (χ1v) is 8.67. The summed E-state index contributed by atoms with van der Waals surface area (Å²) >= 11 is 0. The van der Waals surface area contributed by atoms with Crippen molar-refractivity contribution < 1.29 is 17.0 Å². The minimum atomic E-state index is 0. The van der Waals surface area contributed by atoms with Gasteiger partial charge >= 0.3 is 0 Å². The summed E-state index contributed by atoms with van der Waals surface area (Å²) in [6, 6.07) is 32.5. The van der Waals surface area contributed by atoms with Crippen LogP contribution < -0.4 is 17.0 Å². The second-order valence-corrected chi connectivity index (χ2v) is 6.50. The van der Waals surface area contributed by atoms with Crippen molar-refractivity contribution in [2.24, 2.45) is 0 Å². The molecule has 0 unspecified atom stereocenters. The monoisotopic (exact) mass is 355 g/mol. The van der Waals surface area contributed by atoms with Crippen LogP contribution >= 0.6 is 0 Å². The molecule has 0 radical (unpaired) electrons. The van der Waals surface area contributed by atoms with Gasteiger partial charge in [-0.1, -0.05) is 72.8 Å². The molecule has 26 heavy (non-hydrogen) atoms. The van der Waals surface area contributed by atoms with Crippen molar-refractivity contribution in [3.8, 4) is 0 Å². The summed E-state index contributed by atoms with van der Waals surface area (Å²) in [5.41, 5.74) is 2.62. The molecule has 0 amide bonds. The number of benzene rings is 4. The Balaban J connectivity index is 0.00000168. The van der Waals surface area contributed by atoms with Gasteiger partial charge in [-0.05, 0) is 22.9 Å². The van der Waals surface area contributed by atoms with Gasteiger partial charge in [-0.3, -0.25) is 0 Å². The molecule has 0 N–H and O–H groups in total. The lowest BCUT2D eigenvalue weighted by molar-refractivity contribution is -0.660. The Hall–Kier alpha value is -2.90. The molecular formula is C24H18ClN. The molecule has 0 aliphatic rings. The molecule has 0 aliphatic heterocycles. The van der Waals surface area contributed by atoms with Gasteiger partial charge in [0.05, 0.1) is 5.39 Å². The first kappa shape index (κ1) is 16.6. The van der Waals surface area contributed by atoms with Crippen molar-refractivity contribution >= 4 is 32.4 Å². The van der Waals surface area contributed by atoms with Crippen molar-refractivity contribution in [3.05, 3.63) is 103 Å². The lowest BCUT2D eigenvalue weighted by atomic mass is 10.0. The Kier molecular flexibility index (Phi) is 4.32. The molecule has 0 spiro atoms. The summed E-state index contributed by atoms with van der Waals surface area (Å²) in [4.78, 5) is 0. The number of nitrogens with zero attached hydrogens (tertiary/aromatic N) is 1. The average Bonchev–Trinajstić information content (AvgIpc) is 2.68. The van der Waals surface area contributed by atoms with Crippen LogP contribution in [-0.4, -0.2) is 0 Å². The van der Waals surface area contributed by atoms with Crippen LogP contribution in [0.15, 0.2) is 97.2 Å². The smallest absolute Gasteiger partial charge is 0.213 e. The Morgan fingerprint density at radius 1 is 0.538 bits per heavy atom. The van der Waals surface area contributed by atoms with Crippen LogP contribution in [0.1, 0.15) is 5.56 Å². The van der Waals surface area contributed by atoms with E-state index in [1.54, 1.807) is 0 Å². The van der Waals surface area contributed by atoms with E-state index in [1.807, 2.05) is 0 Å².